The summed E-state index contributed by atoms with van der Waals surface area (Å²) < 4.78 is 27.7. The molecule has 1 fully saturated rings. The molecule has 1 amide bonds. The van der Waals surface area contributed by atoms with Crippen LogP contribution in [0.5, 0.6) is 0 Å². The van der Waals surface area contributed by atoms with Crippen LogP contribution in [-0.2, 0) is 14.8 Å². The minimum absolute atomic E-state index is 0. The van der Waals surface area contributed by atoms with E-state index in [9.17, 15) is 13.2 Å². The second-order valence-corrected chi connectivity index (χ2v) is 8.41. The molecule has 2 atom stereocenters. The maximum absolute atomic E-state index is 13.0. The van der Waals surface area contributed by atoms with E-state index in [2.05, 4.69) is 15.0 Å². The maximum Gasteiger partial charge on any atom is 0.241 e. The number of amides is 1. The van der Waals surface area contributed by atoms with Gasteiger partial charge in [-0.2, -0.15) is 4.72 Å². The summed E-state index contributed by atoms with van der Waals surface area (Å²) in [5, 5.41) is 3.28. The van der Waals surface area contributed by atoms with Gasteiger partial charge in [-0.05, 0) is 37.6 Å². The van der Waals surface area contributed by atoms with Crippen molar-refractivity contribution in [2.45, 2.75) is 30.8 Å². The van der Waals surface area contributed by atoms with Gasteiger partial charge in [0.15, 0.2) is 0 Å². The lowest BCUT2D eigenvalue weighted by Crippen LogP contribution is -2.54. The van der Waals surface area contributed by atoms with Crippen molar-refractivity contribution in [3.05, 3.63) is 59.9 Å². The Balaban J connectivity index is 0.00000280. The summed E-state index contributed by atoms with van der Waals surface area (Å²) in [5.74, 6) is -0.249. The molecule has 0 bridgehead atoms. The van der Waals surface area contributed by atoms with Gasteiger partial charge < -0.3 is 10.2 Å². The predicted molar refractivity (Wildman–Crippen MR) is 110 cm³/mol. The van der Waals surface area contributed by atoms with Gasteiger partial charge in [-0.1, -0.05) is 23.8 Å². The standard InChI is InChI=1S/C19H24N4O3S.ClH/c1-14-5-7-17(8-6-14)27(25,26)22-15(2)19(24)23-11-10-21-13-18(23)16-4-3-9-20-12-16;/h3-9,12,15,18,21-22H,10-11,13H2,1-2H3;1H. The molecule has 7 nitrogen and oxygen atoms in total. The molecule has 1 saturated heterocycles. The summed E-state index contributed by atoms with van der Waals surface area (Å²) in [5.41, 5.74) is 1.89. The quantitative estimate of drug-likeness (QED) is 0.761. The third-order valence-electron chi connectivity index (χ3n) is 4.63. The molecular weight excluding hydrogens is 400 g/mol. The number of sulfonamides is 1. The first kappa shape index (κ1) is 22.3. The number of piperazine rings is 1. The number of hydrogen-bond donors (Lipinski definition) is 2. The SMILES string of the molecule is Cc1ccc(S(=O)(=O)NC(C)C(=O)N2CCNCC2c2cccnc2)cc1.Cl. The first-order chi connectivity index (χ1) is 12.9. The molecule has 2 heterocycles. The van der Waals surface area contributed by atoms with Gasteiger partial charge in [0.25, 0.3) is 0 Å². The van der Waals surface area contributed by atoms with Crippen LogP contribution in [0.15, 0.2) is 53.7 Å². The number of aromatic nitrogens is 1. The summed E-state index contributed by atoms with van der Waals surface area (Å²) in [7, 11) is -3.77. The van der Waals surface area contributed by atoms with E-state index in [1.54, 1.807) is 36.4 Å². The van der Waals surface area contributed by atoms with Crippen LogP contribution >= 0.6 is 12.4 Å². The summed E-state index contributed by atoms with van der Waals surface area (Å²) in [6.45, 7) is 5.25. The van der Waals surface area contributed by atoms with Gasteiger partial charge in [0.1, 0.15) is 0 Å². The highest BCUT2D eigenvalue weighted by atomic mass is 35.5. The van der Waals surface area contributed by atoms with Crippen LogP contribution in [0.1, 0.15) is 24.1 Å². The van der Waals surface area contributed by atoms with Crippen molar-refractivity contribution in [2.75, 3.05) is 19.6 Å². The highest BCUT2D eigenvalue weighted by Crippen LogP contribution is 2.22. The molecule has 0 spiro atoms. The minimum atomic E-state index is -3.77. The molecule has 2 N–H and O–H groups in total. The lowest BCUT2D eigenvalue weighted by molar-refractivity contribution is -0.136. The molecule has 28 heavy (non-hydrogen) atoms. The van der Waals surface area contributed by atoms with Crippen molar-refractivity contribution in [1.29, 1.82) is 0 Å². The lowest BCUT2D eigenvalue weighted by atomic mass is 10.0. The maximum atomic E-state index is 13.0. The van der Waals surface area contributed by atoms with Crippen molar-refractivity contribution in [2.24, 2.45) is 0 Å². The number of carbonyl (C=O) groups excluding carboxylic acids is 1. The Kier molecular flexibility index (Phi) is 7.54. The molecule has 2 unspecified atom stereocenters. The number of halogens is 1. The molecule has 2 aromatic rings. The second kappa shape index (κ2) is 9.47. The number of benzene rings is 1. The molecule has 152 valence electrons. The predicted octanol–water partition coefficient (Wildman–Crippen LogP) is 1.65. The summed E-state index contributed by atoms with van der Waals surface area (Å²) in [6, 6.07) is 9.25. The van der Waals surface area contributed by atoms with Gasteiger partial charge in [0, 0.05) is 32.0 Å². The highest BCUT2D eigenvalue weighted by molar-refractivity contribution is 7.89. The molecule has 0 radical (unpaired) electrons. The minimum Gasteiger partial charge on any atom is -0.332 e. The third-order valence-corrected chi connectivity index (χ3v) is 6.19. The van der Waals surface area contributed by atoms with E-state index < -0.39 is 16.1 Å². The Bertz CT molecular complexity index is 891. The normalized spacial score (nSPS) is 18.2. The van der Waals surface area contributed by atoms with Crippen molar-refractivity contribution in [3.63, 3.8) is 0 Å². The van der Waals surface area contributed by atoms with E-state index in [0.29, 0.717) is 19.6 Å². The zero-order valence-corrected chi connectivity index (χ0v) is 17.5. The van der Waals surface area contributed by atoms with Crippen molar-refractivity contribution in [3.8, 4) is 0 Å². The fourth-order valence-corrected chi connectivity index (χ4v) is 4.35. The monoisotopic (exact) mass is 424 g/mol. The average Bonchev–Trinajstić information content (AvgIpc) is 2.68. The Hall–Kier alpha value is -2.00. The number of aryl methyl sites for hydroxylation is 1. The molecule has 0 saturated carbocycles. The van der Waals surface area contributed by atoms with E-state index >= 15 is 0 Å². The smallest absolute Gasteiger partial charge is 0.241 e. The van der Waals surface area contributed by atoms with Crippen molar-refractivity contribution < 1.29 is 13.2 Å². The zero-order valence-electron chi connectivity index (χ0n) is 15.8. The van der Waals surface area contributed by atoms with Crippen LogP contribution in [0.3, 0.4) is 0 Å². The molecule has 9 heteroatoms. The Morgan fingerprint density at radius 1 is 1.29 bits per heavy atom. The zero-order chi connectivity index (χ0) is 19.4. The molecule has 1 aromatic carbocycles. The average molecular weight is 425 g/mol. The number of hydrogen-bond acceptors (Lipinski definition) is 5. The summed E-state index contributed by atoms with van der Waals surface area (Å²) in [6.07, 6.45) is 3.42. The largest absolute Gasteiger partial charge is 0.332 e. The number of nitrogens with one attached hydrogen (secondary N) is 2. The first-order valence-electron chi connectivity index (χ1n) is 8.88. The Labute approximate surface area is 172 Å². The third kappa shape index (κ3) is 5.08. The van der Waals surface area contributed by atoms with Gasteiger partial charge in [-0.3, -0.25) is 9.78 Å². The topological polar surface area (TPSA) is 91.4 Å². The van der Waals surface area contributed by atoms with Crippen LogP contribution in [0.25, 0.3) is 0 Å². The highest BCUT2D eigenvalue weighted by Gasteiger charge is 2.32. The summed E-state index contributed by atoms with van der Waals surface area (Å²) in [4.78, 5) is 19.0. The van der Waals surface area contributed by atoms with Gasteiger partial charge in [0.05, 0.1) is 17.0 Å². The van der Waals surface area contributed by atoms with E-state index in [4.69, 9.17) is 0 Å². The molecule has 1 aliphatic heterocycles. The van der Waals surface area contributed by atoms with E-state index in [0.717, 1.165) is 11.1 Å². The van der Waals surface area contributed by atoms with E-state index in [1.165, 1.54) is 12.1 Å². The van der Waals surface area contributed by atoms with Gasteiger partial charge in [-0.15, -0.1) is 12.4 Å². The number of pyridine rings is 1. The summed E-state index contributed by atoms with van der Waals surface area (Å²) >= 11 is 0. The molecule has 1 aromatic heterocycles. The molecule has 3 rings (SSSR count). The van der Waals surface area contributed by atoms with Crippen LogP contribution in [0.4, 0.5) is 0 Å². The van der Waals surface area contributed by atoms with Gasteiger partial charge >= 0.3 is 0 Å². The van der Waals surface area contributed by atoms with Gasteiger partial charge in [0.2, 0.25) is 15.9 Å². The van der Waals surface area contributed by atoms with E-state index in [-0.39, 0.29) is 29.3 Å². The van der Waals surface area contributed by atoms with Crippen molar-refractivity contribution in [1.82, 2.24) is 19.9 Å². The number of nitrogens with zero attached hydrogens (tertiary/aromatic N) is 2. The molecule has 0 aliphatic carbocycles. The fourth-order valence-electron chi connectivity index (χ4n) is 3.16. The fraction of sp³-hybridized carbons (Fsp3) is 0.368. The second-order valence-electron chi connectivity index (χ2n) is 6.69. The van der Waals surface area contributed by atoms with Crippen LogP contribution in [0, 0.1) is 6.92 Å². The lowest BCUT2D eigenvalue weighted by Gasteiger charge is -2.37. The Morgan fingerprint density at radius 2 is 2.00 bits per heavy atom. The molecular formula is C19H25ClN4O3S. The van der Waals surface area contributed by atoms with Crippen LogP contribution in [0.2, 0.25) is 0 Å². The van der Waals surface area contributed by atoms with Gasteiger partial charge in [-0.25, -0.2) is 8.42 Å². The van der Waals surface area contributed by atoms with E-state index in [1.807, 2.05) is 19.1 Å². The number of rotatable bonds is 5. The van der Waals surface area contributed by atoms with Crippen LogP contribution < -0.4 is 10.0 Å². The van der Waals surface area contributed by atoms with Crippen LogP contribution in [-0.4, -0.2) is 49.9 Å². The van der Waals surface area contributed by atoms with Crippen molar-refractivity contribution >= 4 is 28.3 Å². The first-order valence-corrected chi connectivity index (χ1v) is 10.4. The Morgan fingerprint density at radius 3 is 2.64 bits per heavy atom. The number of carbonyl (C=O) groups is 1. The molecule has 1 aliphatic rings.